The van der Waals surface area contributed by atoms with Crippen LogP contribution in [0.2, 0.25) is 0 Å². The number of nitrogens with one attached hydrogen (secondary N) is 1. The standard InChI is InChI=1S/C15H27N3O/c1-5-6-8-18-11-12(2)16-14(18)17-13-7-9-19-15(3,4)10-13/h11,13H,5-10H2,1-4H3,(H,16,17). The van der Waals surface area contributed by atoms with Gasteiger partial charge in [0.15, 0.2) is 0 Å². The minimum atomic E-state index is -0.0220. The summed E-state index contributed by atoms with van der Waals surface area (Å²) in [5.41, 5.74) is 1.07. The Balaban J connectivity index is 2.01. The molecule has 19 heavy (non-hydrogen) atoms. The monoisotopic (exact) mass is 265 g/mol. The van der Waals surface area contributed by atoms with Gasteiger partial charge in [0.2, 0.25) is 5.95 Å². The van der Waals surface area contributed by atoms with E-state index in [9.17, 15) is 0 Å². The van der Waals surface area contributed by atoms with E-state index < -0.39 is 0 Å². The summed E-state index contributed by atoms with van der Waals surface area (Å²) in [5, 5.41) is 3.61. The quantitative estimate of drug-likeness (QED) is 0.887. The Labute approximate surface area is 116 Å². The van der Waals surface area contributed by atoms with E-state index in [1.807, 2.05) is 0 Å². The molecule has 1 saturated heterocycles. The van der Waals surface area contributed by atoms with Crippen LogP contribution in [0.5, 0.6) is 0 Å². The van der Waals surface area contributed by atoms with Crippen molar-refractivity contribution in [1.29, 1.82) is 0 Å². The van der Waals surface area contributed by atoms with E-state index >= 15 is 0 Å². The number of imidazole rings is 1. The number of hydrogen-bond acceptors (Lipinski definition) is 3. The van der Waals surface area contributed by atoms with Crippen molar-refractivity contribution < 1.29 is 4.74 Å². The van der Waals surface area contributed by atoms with Gasteiger partial charge < -0.3 is 14.6 Å². The second-order valence-electron chi connectivity index (χ2n) is 6.20. The number of hydrogen-bond donors (Lipinski definition) is 1. The van der Waals surface area contributed by atoms with Gasteiger partial charge in [0, 0.05) is 25.4 Å². The molecule has 2 rings (SSSR count). The van der Waals surface area contributed by atoms with Crippen molar-refractivity contribution in [3.8, 4) is 0 Å². The zero-order valence-corrected chi connectivity index (χ0v) is 12.7. The fraction of sp³-hybridized carbons (Fsp3) is 0.800. The molecular formula is C15H27N3O. The predicted molar refractivity (Wildman–Crippen MR) is 78.5 cm³/mol. The van der Waals surface area contributed by atoms with Gasteiger partial charge in [-0.2, -0.15) is 0 Å². The Kier molecular flexibility index (Phi) is 4.50. The second-order valence-corrected chi connectivity index (χ2v) is 6.20. The smallest absolute Gasteiger partial charge is 0.203 e. The Hall–Kier alpha value is -1.03. The third-order valence-electron chi connectivity index (χ3n) is 3.68. The van der Waals surface area contributed by atoms with Crippen LogP contribution < -0.4 is 5.32 Å². The SMILES string of the molecule is CCCCn1cc(C)nc1NC1CCOC(C)(C)C1. The van der Waals surface area contributed by atoms with Gasteiger partial charge in [0.1, 0.15) is 0 Å². The van der Waals surface area contributed by atoms with Crippen molar-refractivity contribution in [3.63, 3.8) is 0 Å². The highest BCUT2D eigenvalue weighted by Crippen LogP contribution is 2.26. The molecule has 4 heteroatoms. The van der Waals surface area contributed by atoms with Crippen LogP contribution in [0.25, 0.3) is 0 Å². The molecule has 0 bridgehead atoms. The van der Waals surface area contributed by atoms with Gasteiger partial charge in [-0.3, -0.25) is 0 Å². The van der Waals surface area contributed by atoms with Gasteiger partial charge in [-0.05, 0) is 40.0 Å². The largest absolute Gasteiger partial charge is 0.375 e. The minimum Gasteiger partial charge on any atom is -0.375 e. The lowest BCUT2D eigenvalue weighted by Crippen LogP contribution is -2.40. The summed E-state index contributed by atoms with van der Waals surface area (Å²) in [6, 6.07) is 0.464. The van der Waals surface area contributed by atoms with Crippen molar-refractivity contribution in [2.75, 3.05) is 11.9 Å². The molecule has 4 nitrogen and oxygen atoms in total. The average Bonchev–Trinajstić information content (AvgIpc) is 2.65. The first-order chi connectivity index (χ1) is 9.00. The van der Waals surface area contributed by atoms with Crippen LogP contribution in [-0.2, 0) is 11.3 Å². The fourth-order valence-corrected chi connectivity index (χ4v) is 2.70. The summed E-state index contributed by atoms with van der Waals surface area (Å²) < 4.78 is 8.02. The van der Waals surface area contributed by atoms with Crippen LogP contribution in [-0.4, -0.2) is 27.8 Å². The number of ether oxygens (including phenoxy) is 1. The first kappa shape index (κ1) is 14.4. The third-order valence-corrected chi connectivity index (χ3v) is 3.68. The molecule has 1 aliphatic rings. The van der Waals surface area contributed by atoms with Gasteiger partial charge in [0.25, 0.3) is 0 Å². The zero-order chi connectivity index (χ0) is 13.9. The molecule has 0 radical (unpaired) electrons. The molecule has 1 aliphatic heterocycles. The summed E-state index contributed by atoms with van der Waals surface area (Å²) in [5.74, 6) is 1.02. The maximum atomic E-state index is 5.77. The molecule has 108 valence electrons. The molecule has 2 heterocycles. The number of aromatic nitrogens is 2. The first-order valence-corrected chi connectivity index (χ1v) is 7.44. The number of unbranched alkanes of at least 4 members (excludes halogenated alkanes) is 1. The topological polar surface area (TPSA) is 39.1 Å². The molecule has 0 amide bonds. The lowest BCUT2D eigenvalue weighted by Gasteiger charge is -2.36. The number of nitrogens with zero attached hydrogens (tertiary/aromatic N) is 2. The van der Waals surface area contributed by atoms with Crippen molar-refractivity contribution in [2.45, 2.75) is 71.6 Å². The van der Waals surface area contributed by atoms with Crippen LogP contribution in [0.1, 0.15) is 52.1 Å². The van der Waals surface area contributed by atoms with Crippen LogP contribution in [0.15, 0.2) is 6.20 Å². The average molecular weight is 265 g/mol. The number of anilines is 1. The van der Waals surface area contributed by atoms with Crippen LogP contribution in [0, 0.1) is 6.92 Å². The summed E-state index contributed by atoms with van der Waals surface area (Å²) in [7, 11) is 0. The summed E-state index contributed by atoms with van der Waals surface area (Å²) in [6.07, 6.45) is 6.64. The van der Waals surface area contributed by atoms with E-state index in [1.54, 1.807) is 0 Å². The molecule has 0 aliphatic carbocycles. The lowest BCUT2D eigenvalue weighted by molar-refractivity contribution is -0.0554. The molecule has 0 aromatic carbocycles. The predicted octanol–water partition coefficient (Wildman–Crippen LogP) is 3.36. The van der Waals surface area contributed by atoms with E-state index in [1.165, 1.54) is 12.8 Å². The Morgan fingerprint density at radius 1 is 1.53 bits per heavy atom. The van der Waals surface area contributed by atoms with Gasteiger partial charge in [-0.25, -0.2) is 4.98 Å². The fourth-order valence-electron chi connectivity index (χ4n) is 2.70. The van der Waals surface area contributed by atoms with E-state index in [2.05, 4.69) is 48.8 Å². The van der Waals surface area contributed by atoms with Crippen molar-refractivity contribution in [1.82, 2.24) is 9.55 Å². The molecule has 0 saturated carbocycles. The molecule has 1 aromatic heterocycles. The minimum absolute atomic E-state index is 0.0220. The maximum absolute atomic E-state index is 5.77. The molecule has 1 N–H and O–H groups in total. The van der Waals surface area contributed by atoms with Gasteiger partial charge in [-0.15, -0.1) is 0 Å². The third kappa shape index (κ3) is 3.96. The van der Waals surface area contributed by atoms with Crippen LogP contribution >= 0.6 is 0 Å². The summed E-state index contributed by atoms with van der Waals surface area (Å²) in [6.45, 7) is 10.5. The summed E-state index contributed by atoms with van der Waals surface area (Å²) >= 11 is 0. The summed E-state index contributed by atoms with van der Waals surface area (Å²) in [4.78, 5) is 4.62. The van der Waals surface area contributed by atoms with Crippen LogP contribution in [0.3, 0.4) is 0 Å². The van der Waals surface area contributed by atoms with Gasteiger partial charge >= 0.3 is 0 Å². The van der Waals surface area contributed by atoms with E-state index in [4.69, 9.17) is 4.74 Å². The molecule has 1 fully saturated rings. The molecule has 1 atom stereocenters. The van der Waals surface area contributed by atoms with Crippen molar-refractivity contribution in [2.24, 2.45) is 0 Å². The Bertz CT molecular complexity index is 412. The lowest BCUT2D eigenvalue weighted by atomic mass is 9.94. The van der Waals surface area contributed by atoms with Crippen molar-refractivity contribution in [3.05, 3.63) is 11.9 Å². The highest BCUT2D eigenvalue weighted by molar-refractivity contribution is 5.30. The van der Waals surface area contributed by atoms with E-state index in [0.717, 1.165) is 37.6 Å². The maximum Gasteiger partial charge on any atom is 0.203 e. The molecule has 0 spiro atoms. The molecular weight excluding hydrogens is 238 g/mol. The zero-order valence-electron chi connectivity index (χ0n) is 12.7. The molecule has 1 unspecified atom stereocenters. The normalized spacial score (nSPS) is 22.4. The molecule has 1 aromatic rings. The first-order valence-electron chi connectivity index (χ1n) is 7.44. The van der Waals surface area contributed by atoms with E-state index in [0.29, 0.717) is 6.04 Å². The Morgan fingerprint density at radius 2 is 2.32 bits per heavy atom. The highest BCUT2D eigenvalue weighted by Gasteiger charge is 2.29. The number of aryl methyl sites for hydroxylation is 2. The van der Waals surface area contributed by atoms with Crippen LogP contribution in [0.4, 0.5) is 5.95 Å². The van der Waals surface area contributed by atoms with Gasteiger partial charge in [-0.1, -0.05) is 13.3 Å². The highest BCUT2D eigenvalue weighted by atomic mass is 16.5. The van der Waals surface area contributed by atoms with Crippen molar-refractivity contribution >= 4 is 5.95 Å². The van der Waals surface area contributed by atoms with Gasteiger partial charge in [0.05, 0.1) is 11.3 Å². The Morgan fingerprint density at radius 3 is 3.00 bits per heavy atom. The second kappa shape index (κ2) is 5.95. The van der Waals surface area contributed by atoms with E-state index in [-0.39, 0.29) is 5.60 Å². The number of rotatable bonds is 5.